The number of ether oxygens (including phenoxy) is 2. The van der Waals surface area contributed by atoms with Gasteiger partial charge in [0, 0.05) is 7.11 Å². The highest BCUT2D eigenvalue weighted by Crippen LogP contribution is 2.36. The van der Waals surface area contributed by atoms with Gasteiger partial charge in [-0.2, -0.15) is 0 Å². The van der Waals surface area contributed by atoms with Crippen molar-refractivity contribution in [3.8, 4) is 5.75 Å². The van der Waals surface area contributed by atoms with Crippen molar-refractivity contribution in [2.24, 2.45) is 0 Å². The topological polar surface area (TPSA) is 36.9 Å². The van der Waals surface area contributed by atoms with Gasteiger partial charge in [0.2, 0.25) is 0 Å². The molecule has 4 nitrogen and oxygen atoms in total. The number of rotatable bonds is 4. The smallest absolute Gasteiger partial charge is 0.468 e. The molecule has 0 radical (unpaired) electrons. The van der Waals surface area contributed by atoms with Gasteiger partial charge in [-0.05, 0) is 52.2 Å². The van der Waals surface area contributed by atoms with E-state index in [4.69, 9.17) is 18.8 Å². The van der Waals surface area contributed by atoms with Crippen LogP contribution in [-0.2, 0) is 14.0 Å². The molecule has 20 heavy (non-hydrogen) atoms. The first-order valence-corrected chi connectivity index (χ1v) is 6.85. The Balaban J connectivity index is 2.25. The van der Waals surface area contributed by atoms with E-state index < -0.39 is 0 Å². The lowest BCUT2D eigenvalue weighted by molar-refractivity contribution is 0.00578. The summed E-state index contributed by atoms with van der Waals surface area (Å²) in [5.74, 6) is 0.752. The van der Waals surface area contributed by atoms with Crippen LogP contribution in [0.2, 0.25) is 0 Å². The molecular weight excluding hydrogens is 255 g/mol. The molecule has 0 N–H and O–H groups in total. The van der Waals surface area contributed by atoms with Crippen molar-refractivity contribution >= 4 is 12.6 Å². The van der Waals surface area contributed by atoms with Crippen LogP contribution in [0, 0.1) is 6.92 Å². The molecule has 0 saturated carbocycles. The molecule has 1 aromatic carbocycles. The summed E-state index contributed by atoms with van der Waals surface area (Å²) in [6.45, 7) is 10.5. The largest absolute Gasteiger partial charge is 0.495 e. The zero-order chi connectivity index (χ0) is 15.0. The summed E-state index contributed by atoms with van der Waals surface area (Å²) in [6.07, 6.45) is 0. The molecule has 1 saturated heterocycles. The average molecular weight is 278 g/mol. The predicted molar refractivity (Wildman–Crippen MR) is 79.4 cm³/mol. The van der Waals surface area contributed by atoms with Crippen molar-refractivity contribution in [3.05, 3.63) is 23.8 Å². The molecule has 0 atom stereocenters. The van der Waals surface area contributed by atoms with Crippen molar-refractivity contribution in [3.63, 3.8) is 0 Å². The Morgan fingerprint density at radius 2 is 1.70 bits per heavy atom. The molecule has 0 amide bonds. The van der Waals surface area contributed by atoms with Crippen molar-refractivity contribution in [1.29, 1.82) is 0 Å². The Morgan fingerprint density at radius 3 is 2.25 bits per heavy atom. The summed E-state index contributed by atoms with van der Waals surface area (Å²) in [5.41, 5.74) is 1.44. The molecule has 1 aliphatic heterocycles. The fourth-order valence-corrected chi connectivity index (χ4v) is 2.06. The quantitative estimate of drug-likeness (QED) is 0.625. The highest BCUT2D eigenvalue weighted by atomic mass is 16.7. The minimum atomic E-state index is -0.369. The van der Waals surface area contributed by atoms with Crippen LogP contribution in [0.25, 0.3) is 0 Å². The van der Waals surface area contributed by atoms with Gasteiger partial charge in [-0.25, -0.2) is 0 Å². The van der Waals surface area contributed by atoms with Gasteiger partial charge in [-0.3, -0.25) is 0 Å². The average Bonchev–Trinajstić information content (AvgIpc) is 2.57. The maximum atomic E-state index is 6.08. The lowest BCUT2D eigenvalue weighted by atomic mass is 9.76. The zero-order valence-electron chi connectivity index (χ0n) is 13.1. The predicted octanol–water partition coefficient (Wildman–Crippen LogP) is 2.28. The van der Waals surface area contributed by atoms with Crippen LogP contribution in [0.3, 0.4) is 0 Å². The number of benzene rings is 1. The maximum absolute atomic E-state index is 6.08. The molecule has 110 valence electrons. The van der Waals surface area contributed by atoms with Crippen LogP contribution in [0.15, 0.2) is 18.2 Å². The fourth-order valence-electron chi connectivity index (χ4n) is 2.06. The van der Waals surface area contributed by atoms with Gasteiger partial charge >= 0.3 is 7.12 Å². The molecule has 1 fully saturated rings. The molecule has 0 aliphatic carbocycles. The fraction of sp³-hybridized carbons (Fsp3) is 0.600. The number of methoxy groups -OCH3 is 1. The molecule has 1 heterocycles. The van der Waals surface area contributed by atoms with E-state index in [9.17, 15) is 0 Å². The first-order chi connectivity index (χ1) is 9.27. The highest BCUT2D eigenvalue weighted by Gasteiger charge is 2.52. The molecule has 0 aromatic heterocycles. The highest BCUT2D eigenvalue weighted by molar-refractivity contribution is 6.62. The van der Waals surface area contributed by atoms with Crippen molar-refractivity contribution in [2.45, 2.75) is 45.8 Å². The molecule has 2 rings (SSSR count). The normalized spacial score (nSPS) is 20.2. The Morgan fingerprint density at radius 1 is 1.10 bits per heavy atom. The summed E-state index contributed by atoms with van der Waals surface area (Å²) >= 11 is 0. The Hall–Kier alpha value is -1.04. The summed E-state index contributed by atoms with van der Waals surface area (Å²) in [4.78, 5) is 0. The van der Waals surface area contributed by atoms with Crippen molar-refractivity contribution < 1.29 is 18.8 Å². The van der Waals surface area contributed by atoms with Crippen LogP contribution in [-0.4, -0.2) is 32.2 Å². The third kappa shape index (κ3) is 2.85. The van der Waals surface area contributed by atoms with Gasteiger partial charge in [0.15, 0.2) is 6.79 Å². The van der Waals surface area contributed by atoms with E-state index in [1.165, 1.54) is 0 Å². The van der Waals surface area contributed by atoms with E-state index >= 15 is 0 Å². The van der Waals surface area contributed by atoms with E-state index in [0.717, 1.165) is 16.8 Å². The standard InChI is InChI=1S/C15H23BO4/c1-11-7-8-12(18-10-17-6)9-13(11)16-19-14(2,3)15(4,5)20-16/h7-9H,10H2,1-6H3. The molecular formula is C15H23BO4. The molecule has 1 aromatic rings. The minimum Gasteiger partial charge on any atom is -0.468 e. The van der Waals surface area contributed by atoms with E-state index in [2.05, 4.69) is 0 Å². The lowest BCUT2D eigenvalue weighted by Gasteiger charge is -2.32. The first-order valence-electron chi connectivity index (χ1n) is 6.85. The second-order valence-electron chi connectivity index (χ2n) is 6.16. The van der Waals surface area contributed by atoms with Gasteiger partial charge in [0.25, 0.3) is 0 Å². The third-order valence-corrected chi connectivity index (χ3v) is 4.10. The summed E-state index contributed by atoms with van der Waals surface area (Å²) in [5, 5.41) is 0. The van der Waals surface area contributed by atoms with E-state index in [1.807, 2.05) is 52.8 Å². The Kier molecular flexibility index (Phi) is 4.14. The SMILES string of the molecule is COCOc1ccc(C)c(B2OC(C)(C)C(C)(C)O2)c1. The van der Waals surface area contributed by atoms with Crippen molar-refractivity contribution in [2.75, 3.05) is 13.9 Å². The summed E-state index contributed by atoms with van der Waals surface area (Å²) in [7, 11) is 1.23. The zero-order valence-corrected chi connectivity index (χ0v) is 13.1. The van der Waals surface area contributed by atoms with Gasteiger partial charge in [0.05, 0.1) is 11.2 Å². The maximum Gasteiger partial charge on any atom is 0.495 e. The monoisotopic (exact) mass is 278 g/mol. The van der Waals surface area contributed by atoms with Crippen LogP contribution < -0.4 is 10.2 Å². The van der Waals surface area contributed by atoms with Crippen LogP contribution in [0.1, 0.15) is 33.3 Å². The van der Waals surface area contributed by atoms with Crippen LogP contribution >= 0.6 is 0 Å². The molecule has 0 spiro atoms. The second-order valence-corrected chi connectivity index (χ2v) is 6.16. The minimum absolute atomic E-state index is 0.228. The Labute approximate surface area is 121 Å². The number of hydrogen-bond acceptors (Lipinski definition) is 4. The second kappa shape index (κ2) is 5.39. The lowest BCUT2D eigenvalue weighted by Crippen LogP contribution is -2.41. The van der Waals surface area contributed by atoms with Gasteiger partial charge < -0.3 is 18.8 Å². The van der Waals surface area contributed by atoms with Crippen molar-refractivity contribution in [1.82, 2.24) is 0 Å². The summed E-state index contributed by atoms with van der Waals surface area (Å²) in [6, 6.07) is 5.88. The summed E-state index contributed by atoms with van der Waals surface area (Å²) < 4.78 is 22.6. The first kappa shape index (κ1) is 15.4. The molecule has 1 aliphatic rings. The molecule has 0 unspecified atom stereocenters. The van der Waals surface area contributed by atoms with Crippen LogP contribution in [0.5, 0.6) is 5.75 Å². The van der Waals surface area contributed by atoms with Crippen LogP contribution in [0.4, 0.5) is 0 Å². The molecule has 0 bridgehead atoms. The van der Waals surface area contributed by atoms with Gasteiger partial charge in [0.1, 0.15) is 5.75 Å². The number of hydrogen-bond donors (Lipinski definition) is 0. The number of aryl methyl sites for hydroxylation is 1. The molecule has 5 heteroatoms. The van der Waals surface area contributed by atoms with E-state index in [0.29, 0.717) is 0 Å². The van der Waals surface area contributed by atoms with E-state index in [1.54, 1.807) is 7.11 Å². The van der Waals surface area contributed by atoms with E-state index in [-0.39, 0.29) is 25.1 Å². The van der Waals surface area contributed by atoms with Gasteiger partial charge in [-0.1, -0.05) is 11.6 Å². The Bertz CT molecular complexity index is 469. The van der Waals surface area contributed by atoms with Gasteiger partial charge in [-0.15, -0.1) is 0 Å². The third-order valence-electron chi connectivity index (χ3n) is 4.10.